The number of hydrogen-bond acceptors (Lipinski definition) is 3. The first-order valence-corrected chi connectivity index (χ1v) is 8.11. The van der Waals surface area contributed by atoms with E-state index in [2.05, 4.69) is 4.72 Å². The topological polar surface area (TPSA) is 63.2 Å². The summed E-state index contributed by atoms with van der Waals surface area (Å²) in [7, 11) is -3.65. The summed E-state index contributed by atoms with van der Waals surface area (Å²) in [6, 6.07) is 3.97. The van der Waals surface area contributed by atoms with Crippen LogP contribution in [0.5, 0.6) is 0 Å². The summed E-state index contributed by atoms with van der Waals surface area (Å²) < 4.78 is 26.9. The molecular formula is C12H13Cl2NO3S. The van der Waals surface area contributed by atoms with Gasteiger partial charge in [0.2, 0.25) is 10.0 Å². The second kappa shape index (κ2) is 5.79. The van der Waals surface area contributed by atoms with Gasteiger partial charge in [-0.15, -0.1) is 0 Å². The van der Waals surface area contributed by atoms with Crippen LogP contribution in [0.15, 0.2) is 23.1 Å². The van der Waals surface area contributed by atoms with E-state index in [0.717, 1.165) is 0 Å². The molecule has 0 amide bonds. The molecule has 0 aliphatic heterocycles. The fourth-order valence-corrected chi connectivity index (χ4v) is 4.06. The second-order valence-electron chi connectivity index (χ2n) is 4.54. The summed E-state index contributed by atoms with van der Waals surface area (Å²) in [4.78, 5) is 11.2. The van der Waals surface area contributed by atoms with Crippen LogP contribution in [-0.4, -0.2) is 20.2 Å². The number of benzene rings is 1. The standard InChI is InChI=1S/C12H13Cl2NO3S/c13-8-5-9(14)7-12(6-8)19(17,18)15-10-1-3-11(16)4-2-10/h5-7,10,15H,1-4H2. The van der Waals surface area contributed by atoms with Gasteiger partial charge in [0.05, 0.1) is 4.90 Å². The lowest BCUT2D eigenvalue weighted by Crippen LogP contribution is -2.37. The number of sulfonamides is 1. The van der Waals surface area contributed by atoms with Crippen molar-refractivity contribution >= 4 is 39.0 Å². The van der Waals surface area contributed by atoms with Gasteiger partial charge >= 0.3 is 0 Å². The summed E-state index contributed by atoms with van der Waals surface area (Å²) in [6.07, 6.45) is 1.91. The van der Waals surface area contributed by atoms with Crippen molar-refractivity contribution in [3.05, 3.63) is 28.2 Å². The van der Waals surface area contributed by atoms with Gasteiger partial charge in [-0.1, -0.05) is 23.2 Å². The molecular weight excluding hydrogens is 309 g/mol. The van der Waals surface area contributed by atoms with Gasteiger partial charge in [0, 0.05) is 28.9 Å². The largest absolute Gasteiger partial charge is 0.300 e. The quantitative estimate of drug-likeness (QED) is 0.931. The molecule has 104 valence electrons. The molecule has 1 fully saturated rings. The van der Waals surface area contributed by atoms with E-state index in [9.17, 15) is 13.2 Å². The summed E-state index contributed by atoms with van der Waals surface area (Å²) in [5, 5.41) is 0.540. The number of Topliss-reactive ketones (excluding diaryl/α,β-unsaturated/α-hetero) is 1. The Bertz CT molecular complexity index is 571. The number of carbonyl (C=O) groups is 1. The Morgan fingerprint density at radius 2 is 1.58 bits per heavy atom. The van der Waals surface area contributed by atoms with Crippen LogP contribution < -0.4 is 4.72 Å². The molecule has 1 N–H and O–H groups in total. The van der Waals surface area contributed by atoms with Gasteiger partial charge in [-0.05, 0) is 31.0 Å². The van der Waals surface area contributed by atoms with Crippen molar-refractivity contribution in [2.75, 3.05) is 0 Å². The van der Waals surface area contributed by atoms with E-state index in [1.54, 1.807) is 0 Å². The van der Waals surface area contributed by atoms with E-state index < -0.39 is 10.0 Å². The first-order valence-electron chi connectivity index (χ1n) is 5.87. The zero-order valence-electron chi connectivity index (χ0n) is 10.0. The van der Waals surface area contributed by atoms with E-state index in [1.807, 2.05) is 0 Å². The minimum Gasteiger partial charge on any atom is -0.300 e. The van der Waals surface area contributed by atoms with Crippen molar-refractivity contribution in [2.24, 2.45) is 0 Å². The summed E-state index contributed by atoms with van der Waals surface area (Å²) >= 11 is 11.6. The minimum atomic E-state index is -3.65. The van der Waals surface area contributed by atoms with Crippen molar-refractivity contribution in [1.82, 2.24) is 4.72 Å². The maximum absolute atomic E-state index is 12.2. The predicted octanol–water partition coefficient (Wildman–Crippen LogP) is 2.78. The molecule has 1 aromatic carbocycles. The van der Waals surface area contributed by atoms with Crippen molar-refractivity contribution in [2.45, 2.75) is 36.6 Å². The molecule has 1 saturated carbocycles. The van der Waals surface area contributed by atoms with Gasteiger partial charge in [0.1, 0.15) is 5.78 Å². The van der Waals surface area contributed by atoms with E-state index in [0.29, 0.717) is 25.7 Å². The normalized spacial score (nSPS) is 17.7. The zero-order chi connectivity index (χ0) is 14.0. The highest BCUT2D eigenvalue weighted by molar-refractivity contribution is 7.89. The molecule has 0 heterocycles. The smallest absolute Gasteiger partial charge is 0.240 e. The third-order valence-electron chi connectivity index (χ3n) is 3.01. The lowest BCUT2D eigenvalue weighted by molar-refractivity contribution is -0.120. The van der Waals surface area contributed by atoms with Crippen molar-refractivity contribution in [3.8, 4) is 0 Å². The van der Waals surface area contributed by atoms with Crippen molar-refractivity contribution in [3.63, 3.8) is 0 Å². The van der Waals surface area contributed by atoms with Crippen LogP contribution in [0.4, 0.5) is 0 Å². The molecule has 4 nitrogen and oxygen atoms in total. The molecule has 0 spiro atoms. The monoisotopic (exact) mass is 321 g/mol. The van der Waals surface area contributed by atoms with Crippen molar-refractivity contribution in [1.29, 1.82) is 0 Å². The molecule has 19 heavy (non-hydrogen) atoms. The SMILES string of the molecule is O=C1CCC(NS(=O)(=O)c2cc(Cl)cc(Cl)c2)CC1. The molecule has 7 heteroatoms. The fraction of sp³-hybridized carbons (Fsp3) is 0.417. The van der Waals surface area contributed by atoms with Gasteiger partial charge in [-0.3, -0.25) is 4.79 Å². The molecule has 1 aliphatic rings. The van der Waals surface area contributed by atoms with Gasteiger partial charge in [0.15, 0.2) is 0 Å². The number of nitrogens with one attached hydrogen (secondary N) is 1. The van der Waals surface area contributed by atoms with Crippen LogP contribution in [-0.2, 0) is 14.8 Å². The highest BCUT2D eigenvalue weighted by atomic mass is 35.5. The summed E-state index contributed by atoms with van der Waals surface area (Å²) in [5.74, 6) is 0.182. The first-order chi connectivity index (χ1) is 8.87. The van der Waals surface area contributed by atoms with Gasteiger partial charge < -0.3 is 0 Å². The fourth-order valence-electron chi connectivity index (χ4n) is 2.03. The summed E-state index contributed by atoms with van der Waals surface area (Å²) in [5.41, 5.74) is 0. The Morgan fingerprint density at radius 3 is 2.11 bits per heavy atom. The molecule has 1 aromatic rings. The number of rotatable bonds is 3. The Hall–Kier alpha value is -0.620. The van der Waals surface area contributed by atoms with Crippen LogP contribution in [0.25, 0.3) is 0 Å². The third kappa shape index (κ3) is 3.92. The number of hydrogen-bond donors (Lipinski definition) is 1. The second-order valence-corrected chi connectivity index (χ2v) is 7.13. The number of carbonyl (C=O) groups excluding carboxylic acids is 1. The van der Waals surface area contributed by atoms with Crippen LogP contribution in [0.3, 0.4) is 0 Å². The highest BCUT2D eigenvalue weighted by Crippen LogP contribution is 2.23. The zero-order valence-corrected chi connectivity index (χ0v) is 12.4. The van der Waals surface area contributed by atoms with E-state index in [1.165, 1.54) is 18.2 Å². The van der Waals surface area contributed by atoms with E-state index >= 15 is 0 Å². The van der Waals surface area contributed by atoms with Crippen LogP contribution in [0.2, 0.25) is 10.0 Å². The Labute approximate surface area is 122 Å². The molecule has 0 radical (unpaired) electrons. The Kier molecular flexibility index (Phi) is 4.50. The molecule has 0 atom stereocenters. The molecule has 0 bridgehead atoms. The summed E-state index contributed by atoms with van der Waals surface area (Å²) in [6.45, 7) is 0. The minimum absolute atomic E-state index is 0.0434. The van der Waals surface area contributed by atoms with Gasteiger partial charge in [-0.25, -0.2) is 13.1 Å². The van der Waals surface area contributed by atoms with Crippen LogP contribution in [0, 0.1) is 0 Å². The van der Waals surface area contributed by atoms with Crippen molar-refractivity contribution < 1.29 is 13.2 Å². The highest BCUT2D eigenvalue weighted by Gasteiger charge is 2.24. The molecule has 0 unspecified atom stereocenters. The number of halogens is 2. The first kappa shape index (κ1) is 14.8. The Balaban J connectivity index is 2.16. The van der Waals surface area contributed by atoms with Gasteiger partial charge in [-0.2, -0.15) is 0 Å². The predicted molar refractivity (Wildman–Crippen MR) is 74.0 cm³/mol. The number of ketones is 1. The van der Waals surface area contributed by atoms with Crippen LogP contribution >= 0.6 is 23.2 Å². The van der Waals surface area contributed by atoms with E-state index in [-0.39, 0.29) is 26.8 Å². The average molecular weight is 322 g/mol. The molecule has 0 aromatic heterocycles. The third-order valence-corrected chi connectivity index (χ3v) is 4.95. The lowest BCUT2D eigenvalue weighted by atomic mass is 9.95. The van der Waals surface area contributed by atoms with Crippen LogP contribution in [0.1, 0.15) is 25.7 Å². The maximum atomic E-state index is 12.2. The average Bonchev–Trinajstić information content (AvgIpc) is 2.31. The van der Waals surface area contributed by atoms with E-state index in [4.69, 9.17) is 23.2 Å². The lowest BCUT2D eigenvalue weighted by Gasteiger charge is -2.22. The molecule has 0 saturated heterocycles. The molecule has 1 aliphatic carbocycles. The maximum Gasteiger partial charge on any atom is 0.240 e. The molecule has 2 rings (SSSR count). The van der Waals surface area contributed by atoms with Gasteiger partial charge in [0.25, 0.3) is 0 Å². The Morgan fingerprint density at radius 1 is 1.05 bits per heavy atom.